The minimum absolute atomic E-state index is 0.0256. The number of carbonyl (C=O) groups is 9. The number of benzene rings is 2. The van der Waals surface area contributed by atoms with Gasteiger partial charge in [-0.3, -0.25) is 43.2 Å². The van der Waals surface area contributed by atoms with Crippen molar-refractivity contribution in [2.75, 3.05) is 6.54 Å². The summed E-state index contributed by atoms with van der Waals surface area (Å²) in [4.78, 5) is 130. The number of aromatic amines is 2. The number of nitrogens with two attached hydrogens (primary N) is 3. The predicted molar refractivity (Wildman–Crippen MR) is 287 cm³/mol. The topological polar surface area (TPSA) is 360 Å². The third-order valence-corrected chi connectivity index (χ3v) is 12.5. The van der Waals surface area contributed by atoms with Crippen molar-refractivity contribution in [2.24, 2.45) is 40.9 Å². The maximum Gasteiger partial charge on any atom is 0.243 e. The van der Waals surface area contributed by atoms with Gasteiger partial charge in [-0.25, -0.2) is 4.98 Å². The van der Waals surface area contributed by atoms with Crippen LogP contribution in [-0.4, -0.2) is 117 Å². The van der Waals surface area contributed by atoms with Gasteiger partial charge in [0, 0.05) is 54.3 Å². The number of hydrogen-bond donors (Lipinski definition) is 12. The van der Waals surface area contributed by atoms with E-state index in [4.69, 9.17) is 17.2 Å². The van der Waals surface area contributed by atoms with E-state index in [1.807, 2.05) is 58.0 Å². The lowest BCUT2D eigenvalue weighted by molar-refractivity contribution is -0.135. The van der Waals surface area contributed by atoms with Crippen LogP contribution in [0.1, 0.15) is 91.0 Å². The number of amides is 9. The number of nitrogens with one attached hydrogen (secondary N) is 9. The number of fused-ring (bicyclic) bond motifs is 1. The Labute approximate surface area is 443 Å². The molecule has 2 aromatic carbocycles. The molecule has 0 unspecified atom stereocenters. The molecular weight excluding hydrogens is 975 g/mol. The van der Waals surface area contributed by atoms with Gasteiger partial charge in [-0.05, 0) is 67.6 Å². The molecule has 0 radical (unpaired) electrons. The molecule has 22 heteroatoms. The minimum Gasteiger partial charge on any atom is -0.370 e. The molecule has 0 saturated carbocycles. The first-order valence-electron chi connectivity index (χ1n) is 25.7. The van der Waals surface area contributed by atoms with E-state index >= 15 is 0 Å². The van der Waals surface area contributed by atoms with E-state index in [9.17, 15) is 43.2 Å². The third-order valence-electron chi connectivity index (χ3n) is 12.5. The first-order valence-corrected chi connectivity index (χ1v) is 25.7. The summed E-state index contributed by atoms with van der Waals surface area (Å²) in [6.07, 6.45) is 8.77. The van der Waals surface area contributed by atoms with Gasteiger partial charge in [0.1, 0.15) is 30.2 Å². The average Bonchev–Trinajstić information content (AvgIpc) is 4.04. The number of para-hydroxylation sites is 1. The van der Waals surface area contributed by atoms with Crippen LogP contribution < -0.4 is 54.4 Å². The lowest BCUT2D eigenvalue weighted by Gasteiger charge is -2.26. The van der Waals surface area contributed by atoms with Gasteiger partial charge >= 0.3 is 0 Å². The van der Waals surface area contributed by atoms with Crippen molar-refractivity contribution in [3.05, 3.63) is 102 Å². The van der Waals surface area contributed by atoms with E-state index in [1.54, 1.807) is 56.5 Å². The smallest absolute Gasteiger partial charge is 0.243 e. The normalized spacial score (nSPS) is 14.7. The standard InChI is InChI=1S/C54H77N13O9/c1-30(2)21-35(48(57)70)17-18-37(22-31(3)4)63-53(75)44(25-38-27-58-29-61-38)64-46(69)28-60-54(76)47(32(5)6)67-49(71)33(7)62-52(74)43(24-36-26-59-41-16-12-11-15-39(36)41)66-51(73)42(19-20-45(56)68)65-50(72)40(55)23-34-13-9-8-10-14-34/h8-18,26-27,29-33,35,37,40,42-44,47,59H,19-25,28,55H2,1-7H3,(H2,56,68)(H2,57,70)(H,58,61)(H,60,76)(H,62,74)(H,63,75)(H,64,69)(H,65,72)(H,66,73)(H,67,71)/b18-17+/t33-,35-,37+,40+,42-,43-,44-,47-/m0/s1. The van der Waals surface area contributed by atoms with Crippen molar-refractivity contribution in [1.82, 2.24) is 52.2 Å². The van der Waals surface area contributed by atoms with Crippen molar-refractivity contribution >= 4 is 64.1 Å². The van der Waals surface area contributed by atoms with E-state index in [-0.39, 0.29) is 43.9 Å². The summed E-state index contributed by atoms with van der Waals surface area (Å²) in [5.41, 5.74) is 20.1. The minimum atomic E-state index is -1.34. The summed E-state index contributed by atoms with van der Waals surface area (Å²) in [6.45, 7) is 12.1. The number of imidazole rings is 1. The fraction of sp³-hybridized carbons (Fsp3) is 0.481. The molecular formula is C54H77N13O9. The molecule has 8 atom stereocenters. The maximum absolute atomic E-state index is 14.2. The largest absolute Gasteiger partial charge is 0.370 e. The summed E-state index contributed by atoms with van der Waals surface area (Å²) in [6, 6.07) is 8.49. The molecule has 0 bridgehead atoms. The molecule has 4 rings (SSSR count). The first kappa shape index (κ1) is 60.7. The van der Waals surface area contributed by atoms with Gasteiger partial charge in [0.15, 0.2) is 0 Å². The molecule has 2 aromatic heterocycles. The second-order valence-corrected chi connectivity index (χ2v) is 20.3. The van der Waals surface area contributed by atoms with E-state index in [0.29, 0.717) is 24.1 Å². The number of hydrogen-bond acceptors (Lipinski definition) is 11. The van der Waals surface area contributed by atoms with Gasteiger partial charge in [0.05, 0.1) is 24.8 Å². The van der Waals surface area contributed by atoms with Crippen molar-refractivity contribution in [1.29, 1.82) is 0 Å². The van der Waals surface area contributed by atoms with Crippen LogP contribution in [0.5, 0.6) is 0 Å². The Morgan fingerprint density at radius 1 is 0.632 bits per heavy atom. The molecule has 0 spiro atoms. The Morgan fingerprint density at radius 2 is 1.26 bits per heavy atom. The number of primary amides is 2. The number of rotatable bonds is 31. The summed E-state index contributed by atoms with van der Waals surface area (Å²) in [5, 5.41) is 19.6. The molecule has 0 aliphatic rings. The highest BCUT2D eigenvalue weighted by Crippen LogP contribution is 2.20. The highest BCUT2D eigenvalue weighted by atomic mass is 16.2. The van der Waals surface area contributed by atoms with Crippen LogP contribution in [-0.2, 0) is 62.4 Å². The number of aromatic nitrogens is 3. The van der Waals surface area contributed by atoms with Crippen molar-refractivity contribution in [3.63, 3.8) is 0 Å². The van der Waals surface area contributed by atoms with E-state index in [0.717, 1.165) is 16.5 Å². The monoisotopic (exact) mass is 1050 g/mol. The quantitative estimate of drug-likeness (QED) is 0.0315. The molecule has 0 saturated heterocycles. The van der Waals surface area contributed by atoms with Gasteiger partial charge in [0.25, 0.3) is 0 Å². The Morgan fingerprint density at radius 3 is 1.89 bits per heavy atom. The average molecular weight is 1050 g/mol. The predicted octanol–water partition coefficient (Wildman–Crippen LogP) is 0.962. The Kier molecular flexibility index (Phi) is 23.8. The van der Waals surface area contributed by atoms with Crippen LogP contribution >= 0.6 is 0 Å². The maximum atomic E-state index is 14.2. The van der Waals surface area contributed by atoms with Crippen molar-refractivity contribution in [2.45, 2.75) is 136 Å². The molecule has 15 N–H and O–H groups in total. The fourth-order valence-electron chi connectivity index (χ4n) is 8.38. The van der Waals surface area contributed by atoms with E-state index in [2.05, 4.69) is 52.2 Å². The SMILES string of the molecule is CC(C)C[C@@H](/C=C/[C@@H](CC(C)C)C(N)=O)NC(=O)[C@H](Cc1cnc[nH]1)NC(=O)CNC(=O)[C@@H](NC(=O)[C@H](C)NC(=O)[C@H](Cc1c[nH]c2ccccc12)NC(=O)[C@H](CCC(N)=O)NC(=O)[C@H](N)Cc1ccccc1)C(C)C. The molecule has 0 aliphatic heterocycles. The molecule has 412 valence electrons. The van der Waals surface area contributed by atoms with Crippen LogP contribution in [0.25, 0.3) is 10.9 Å². The molecule has 4 aromatic rings. The van der Waals surface area contributed by atoms with Gasteiger partial charge in [0.2, 0.25) is 53.2 Å². The zero-order valence-corrected chi connectivity index (χ0v) is 44.4. The summed E-state index contributed by atoms with van der Waals surface area (Å²) in [5.74, 6) is -6.91. The van der Waals surface area contributed by atoms with Crippen molar-refractivity contribution < 1.29 is 43.2 Å². The van der Waals surface area contributed by atoms with Crippen molar-refractivity contribution in [3.8, 4) is 0 Å². The Balaban J connectivity index is 1.45. The van der Waals surface area contributed by atoms with Gasteiger partial charge < -0.3 is 64.4 Å². The van der Waals surface area contributed by atoms with Gasteiger partial charge in [-0.1, -0.05) is 102 Å². The molecule has 76 heavy (non-hydrogen) atoms. The second-order valence-electron chi connectivity index (χ2n) is 20.3. The highest BCUT2D eigenvalue weighted by molar-refractivity contribution is 5.97. The second kappa shape index (κ2) is 29.9. The number of carbonyl (C=O) groups excluding carboxylic acids is 9. The Hall–Kier alpha value is -7.88. The Bertz CT molecular complexity index is 2620. The molecule has 0 fully saturated rings. The fourth-order valence-corrected chi connectivity index (χ4v) is 8.38. The van der Waals surface area contributed by atoms with E-state index < -0.39 is 114 Å². The van der Waals surface area contributed by atoms with Crippen LogP contribution in [0.4, 0.5) is 0 Å². The molecule has 2 heterocycles. The summed E-state index contributed by atoms with van der Waals surface area (Å²) in [7, 11) is 0. The molecule has 9 amide bonds. The van der Waals surface area contributed by atoms with Crippen LogP contribution in [0.2, 0.25) is 0 Å². The summed E-state index contributed by atoms with van der Waals surface area (Å²) < 4.78 is 0. The summed E-state index contributed by atoms with van der Waals surface area (Å²) >= 11 is 0. The zero-order chi connectivity index (χ0) is 56.1. The number of H-pyrrole nitrogens is 2. The lowest BCUT2D eigenvalue weighted by atomic mass is 9.94. The van der Waals surface area contributed by atoms with Gasteiger partial charge in [-0.15, -0.1) is 0 Å². The molecule has 0 aliphatic carbocycles. The van der Waals surface area contributed by atoms with Gasteiger partial charge in [-0.2, -0.15) is 0 Å². The number of nitrogens with zero attached hydrogens (tertiary/aromatic N) is 1. The lowest BCUT2D eigenvalue weighted by Crippen LogP contribution is -2.59. The van der Waals surface area contributed by atoms with E-state index in [1.165, 1.54) is 19.4 Å². The molecule has 22 nitrogen and oxygen atoms in total. The van der Waals surface area contributed by atoms with Crippen LogP contribution in [0.15, 0.2) is 85.5 Å². The van der Waals surface area contributed by atoms with Crippen LogP contribution in [0, 0.1) is 23.7 Å². The zero-order valence-electron chi connectivity index (χ0n) is 44.4. The van der Waals surface area contributed by atoms with Crippen LogP contribution in [0.3, 0.4) is 0 Å². The first-order chi connectivity index (χ1) is 36.0. The highest BCUT2D eigenvalue weighted by Gasteiger charge is 2.33. The third kappa shape index (κ3) is 20.1.